The summed E-state index contributed by atoms with van der Waals surface area (Å²) in [5.41, 5.74) is 1.90. The molecule has 0 spiro atoms. The van der Waals surface area contributed by atoms with E-state index >= 15 is 0 Å². The number of fused-ring (bicyclic) bond motifs is 2. The van der Waals surface area contributed by atoms with Crippen molar-refractivity contribution in [2.45, 2.75) is 16.7 Å². The number of nitrogens with one attached hydrogen (secondary N) is 1. The number of rotatable bonds is 3. The molecule has 4 aromatic rings. The molecule has 0 saturated carbocycles. The largest absolute Gasteiger partial charge is 0.298 e. The van der Waals surface area contributed by atoms with Crippen molar-refractivity contribution in [1.29, 1.82) is 0 Å². The van der Waals surface area contributed by atoms with E-state index in [0.717, 1.165) is 16.1 Å². The first-order valence-electron chi connectivity index (χ1n) is 9.83. The number of amides is 1. The molecule has 0 bridgehead atoms. The number of aromatic nitrogens is 1. The van der Waals surface area contributed by atoms with Crippen LogP contribution in [-0.4, -0.2) is 25.1 Å². The maximum absolute atomic E-state index is 13.1. The summed E-state index contributed by atoms with van der Waals surface area (Å²) in [6.45, 7) is 1.89. The van der Waals surface area contributed by atoms with Crippen molar-refractivity contribution in [2.75, 3.05) is 5.32 Å². The van der Waals surface area contributed by atoms with Crippen LogP contribution in [0.25, 0.3) is 11.3 Å². The van der Waals surface area contributed by atoms with Crippen molar-refractivity contribution in [3.05, 3.63) is 93.3 Å². The predicted molar refractivity (Wildman–Crippen MR) is 127 cm³/mol. The van der Waals surface area contributed by atoms with E-state index in [1.165, 1.54) is 41.7 Å². The molecule has 0 saturated heterocycles. The molecule has 1 aliphatic rings. The number of aryl methyl sites for hydroxylation is 1. The molecule has 3 aromatic carbocycles. The average molecular weight is 495 g/mol. The maximum Gasteiger partial charge on any atom is 0.257 e. The Bertz CT molecular complexity index is 1560. The van der Waals surface area contributed by atoms with Crippen LogP contribution < -0.4 is 5.32 Å². The smallest absolute Gasteiger partial charge is 0.257 e. The van der Waals surface area contributed by atoms with Crippen molar-refractivity contribution in [2.24, 2.45) is 0 Å². The van der Waals surface area contributed by atoms with Gasteiger partial charge in [0, 0.05) is 32.2 Å². The zero-order valence-corrected chi connectivity index (χ0v) is 19.5. The molecule has 0 unspecified atom stereocenters. The molecule has 0 aliphatic carbocycles. The number of sulfone groups is 1. The summed E-state index contributed by atoms with van der Waals surface area (Å²) in [5.74, 6) is -0.902. The van der Waals surface area contributed by atoms with E-state index < -0.39 is 15.7 Å². The minimum absolute atomic E-state index is 0.0526. The third kappa shape index (κ3) is 3.66. The SMILES string of the molecule is Cc1sc(NC(=O)c2ccc3c(c2)S(=O)(=O)c2ccccc2C3=O)nc1-c1ccc(Cl)cc1. The summed E-state index contributed by atoms with van der Waals surface area (Å²) >= 11 is 7.26. The normalized spacial score (nSPS) is 13.8. The number of hydrogen-bond donors (Lipinski definition) is 1. The maximum atomic E-state index is 13.1. The van der Waals surface area contributed by atoms with Crippen LogP contribution in [0.3, 0.4) is 0 Å². The van der Waals surface area contributed by atoms with E-state index in [9.17, 15) is 18.0 Å². The molecule has 164 valence electrons. The Morgan fingerprint density at radius 1 is 0.970 bits per heavy atom. The molecule has 0 atom stereocenters. The summed E-state index contributed by atoms with van der Waals surface area (Å²) in [6.07, 6.45) is 0. The lowest BCUT2D eigenvalue weighted by molar-refractivity contribution is 0.101. The lowest BCUT2D eigenvalue weighted by Gasteiger charge is -2.19. The number of carbonyl (C=O) groups is 2. The van der Waals surface area contributed by atoms with Gasteiger partial charge in [0.25, 0.3) is 5.91 Å². The number of halogens is 1. The van der Waals surface area contributed by atoms with Crippen LogP contribution in [0.1, 0.15) is 31.2 Å². The van der Waals surface area contributed by atoms with Crippen LogP contribution in [0, 0.1) is 6.92 Å². The van der Waals surface area contributed by atoms with Crippen molar-refractivity contribution in [3.8, 4) is 11.3 Å². The molecule has 1 amide bonds. The lowest BCUT2D eigenvalue weighted by atomic mass is 10.0. The standard InChI is InChI=1S/C24H15ClN2O4S2/c1-13-21(14-6-9-16(25)10-7-14)26-24(32-13)27-23(29)15-8-11-18-20(12-15)33(30,31)19-5-3-2-4-17(19)22(18)28/h2-12H,1H3,(H,26,27,29). The first kappa shape index (κ1) is 21.5. The molecule has 1 aromatic heterocycles. The van der Waals surface area contributed by atoms with Crippen LogP contribution >= 0.6 is 22.9 Å². The number of benzene rings is 3. The molecule has 5 rings (SSSR count). The zero-order valence-electron chi connectivity index (χ0n) is 17.1. The molecule has 33 heavy (non-hydrogen) atoms. The van der Waals surface area contributed by atoms with Crippen molar-refractivity contribution in [1.82, 2.24) is 4.98 Å². The van der Waals surface area contributed by atoms with Crippen LogP contribution in [0.5, 0.6) is 0 Å². The van der Waals surface area contributed by atoms with Gasteiger partial charge in [-0.15, -0.1) is 11.3 Å². The van der Waals surface area contributed by atoms with Gasteiger partial charge in [-0.1, -0.05) is 35.9 Å². The third-order valence-corrected chi connectivity index (χ3v) is 8.32. The number of hydrogen-bond acceptors (Lipinski definition) is 6. The highest BCUT2D eigenvalue weighted by molar-refractivity contribution is 7.91. The Hall–Kier alpha value is -3.33. The monoisotopic (exact) mass is 494 g/mol. The average Bonchev–Trinajstić information content (AvgIpc) is 3.17. The fraction of sp³-hybridized carbons (Fsp3) is 0.0417. The van der Waals surface area contributed by atoms with Gasteiger partial charge in [-0.05, 0) is 49.4 Å². The molecule has 1 aliphatic heterocycles. The van der Waals surface area contributed by atoms with Crippen LogP contribution in [-0.2, 0) is 9.84 Å². The van der Waals surface area contributed by atoms with Gasteiger partial charge in [-0.2, -0.15) is 0 Å². The molecular formula is C24H15ClN2O4S2. The van der Waals surface area contributed by atoms with Gasteiger partial charge < -0.3 is 0 Å². The summed E-state index contributed by atoms with van der Waals surface area (Å²) in [5, 5.41) is 3.72. The summed E-state index contributed by atoms with van der Waals surface area (Å²) in [7, 11) is -3.93. The zero-order chi connectivity index (χ0) is 23.3. The number of ketones is 1. The van der Waals surface area contributed by atoms with E-state index in [0.29, 0.717) is 10.2 Å². The molecule has 6 nitrogen and oxygen atoms in total. The van der Waals surface area contributed by atoms with E-state index in [1.54, 1.807) is 24.3 Å². The Balaban J connectivity index is 1.47. The molecule has 1 N–H and O–H groups in total. The van der Waals surface area contributed by atoms with E-state index in [4.69, 9.17) is 11.6 Å². The second-order valence-electron chi connectivity index (χ2n) is 7.42. The molecule has 9 heteroatoms. The first-order chi connectivity index (χ1) is 15.8. The van der Waals surface area contributed by atoms with Gasteiger partial charge in [-0.25, -0.2) is 13.4 Å². The molecular weight excluding hydrogens is 480 g/mol. The van der Waals surface area contributed by atoms with Gasteiger partial charge in [0.1, 0.15) is 0 Å². The number of thiazole rings is 1. The Labute approximate surface area is 198 Å². The van der Waals surface area contributed by atoms with Crippen molar-refractivity contribution < 1.29 is 18.0 Å². The third-order valence-electron chi connectivity index (χ3n) is 5.33. The van der Waals surface area contributed by atoms with Crippen LogP contribution in [0.2, 0.25) is 5.02 Å². The second kappa shape index (κ2) is 7.91. The van der Waals surface area contributed by atoms with Crippen molar-refractivity contribution >= 4 is 49.6 Å². The summed E-state index contributed by atoms with van der Waals surface area (Å²) in [6, 6.07) is 17.4. The highest BCUT2D eigenvalue weighted by Gasteiger charge is 2.35. The molecule has 0 fully saturated rings. The predicted octanol–water partition coefficient (Wildman–Crippen LogP) is 5.40. The topological polar surface area (TPSA) is 93.2 Å². The highest BCUT2D eigenvalue weighted by Crippen LogP contribution is 2.35. The van der Waals surface area contributed by atoms with E-state index in [2.05, 4.69) is 10.3 Å². The van der Waals surface area contributed by atoms with Gasteiger partial charge in [0.15, 0.2) is 10.9 Å². The van der Waals surface area contributed by atoms with Gasteiger partial charge >= 0.3 is 0 Å². The fourth-order valence-electron chi connectivity index (χ4n) is 3.72. The Morgan fingerprint density at radius 2 is 1.67 bits per heavy atom. The Morgan fingerprint density at radius 3 is 2.42 bits per heavy atom. The van der Waals surface area contributed by atoms with Gasteiger partial charge in [0.05, 0.1) is 15.5 Å². The van der Waals surface area contributed by atoms with Gasteiger partial charge in [0.2, 0.25) is 9.84 Å². The minimum atomic E-state index is -3.93. The lowest BCUT2D eigenvalue weighted by Crippen LogP contribution is -2.21. The number of anilines is 1. The second-order valence-corrected chi connectivity index (χ2v) is 11.0. The Kier molecular flexibility index (Phi) is 5.16. The summed E-state index contributed by atoms with van der Waals surface area (Å²) < 4.78 is 26.2. The fourth-order valence-corrected chi connectivity index (χ4v) is 6.35. The number of nitrogens with zero attached hydrogens (tertiary/aromatic N) is 1. The van der Waals surface area contributed by atoms with Crippen LogP contribution in [0.4, 0.5) is 5.13 Å². The quantitative estimate of drug-likeness (QED) is 0.362. The van der Waals surface area contributed by atoms with Crippen molar-refractivity contribution in [3.63, 3.8) is 0 Å². The van der Waals surface area contributed by atoms with Crippen LogP contribution in [0.15, 0.2) is 76.5 Å². The molecule has 0 radical (unpaired) electrons. The number of carbonyl (C=O) groups excluding carboxylic acids is 2. The van der Waals surface area contributed by atoms with Gasteiger partial charge in [-0.3, -0.25) is 14.9 Å². The first-order valence-corrected chi connectivity index (χ1v) is 12.5. The summed E-state index contributed by atoms with van der Waals surface area (Å²) in [4.78, 5) is 30.9. The van der Waals surface area contributed by atoms with E-state index in [1.807, 2.05) is 19.1 Å². The van der Waals surface area contributed by atoms with E-state index in [-0.39, 0.29) is 32.3 Å². The minimum Gasteiger partial charge on any atom is -0.298 e. The molecule has 2 heterocycles. The highest BCUT2D eigenvalue weighted by atomic mass is 35.5.